The van der Waals surface area contributed by atoms with E-state index in [4.69, 9.17) is 4.74 Å². The second-order valence-electron chi connectivity index (χ2n) is 5.96. The van der Waals surface area contributed by atoms with Crippen LogP contribution in [0.4, 0.5) is 0 Å². The lowest BCUT2D eigenvalue weighted by atomic mass is 10.0. The molecule has 1 aliphatic rings. The first kappa shape index (κ1) is 16.5. The highest BCUT2D eigenvalue weighted by Gasteiger charge is 2.25. The minimum Gasteiger partial charge on any atom is -0.492 e. The molecule has 2 N–H and O–H groups in total. The molecule has 3 rings (SSSR count). The van der Waals surface area contributed by atoms with Crippen molar-refractivity contribution >= 4 is 5.91 Å². The fraction of sp³-hybridized carbons (Fsp3) is 0.444. The monoisotopic (exact) mass is 328 g/mol. The summed E-state index contributed by atoms with van der Waals surface area (Å²) >= 11 is 0. The number of carbonyl (C=O) groups excluding carboxylic acids is 1. The Bertz CT molecular complexity index is 739. The van der Waals surface area contributed by atoms with Crippen LogP contribution in [0.25, 0.3) is 0 Å². The molecule has 1 aromatic heterocycles. The number of carbonyl (C=O) groups is 1. The number of nitrogens with one attached hydrogen (secondary N) is 2. The number of ether oxygens (including phenoxy) is 1. The van der Waals surface area contributed by atoms with Crippen LogP contribution in [0.2, 0.25) is 0 Å². The van der Waals surface area contributed by atoms with Crippen molar-refractivity contribution in [3.05, 3.63) is 46.8 Å². The number of aryl methyl sites for hydroxylation is 2. The molecule has 0 aliphatic carbocycles. The van der Waals surface area contributed by atoms with Gasteiger partial charge in [0.05, 0.1) is 5.69 Å². The predicted octanol–water partition coefficient (Wildman–Crippen LogP) is 1.86. The lowest BCUT2D eigenvalue weighted by Crippen LogP contribution is -2.37. The summed E-state index contributed by atoms with van der Waals surface area (Å²) < 4.78 is 7.65. The maximum Gasteiger partial charge on any atom is 0.242 e. The van der Waals surface area contributed by atoms with Crippen LogP contribution in [0.5, 0.6) is 5.75 Å². The zero-order valence-corrected chi connectivity index (χ0v) is 14.4. The summed E-state index contributed by atoms with van der Waals surface area (Å²) in [5, 5.41) is 10.8. The van der Waals surface area contributed by atoms with E-state index >= 15 is 0 Å². The first-order valence-corrected chi connectivity index (χ1v) is 8.37. The van der Waals surface area contributed by atoms with Crippen LogP contribution in [0.3, 0.4) is 0 Å². The Morgan fingerprint density at radius 2 is 2.21 bits per heavy atom. The molecule has 128 valence electrons. The SMILES string of the molecule is CCn1nc(C)c(CNC(=O)C2NCCOc3ccccc32)c1C. The van der Waals surface area contributed by atoms with Crippen LogP contribution in [0.1, 0.15) is 35.5 Å². The largest absolute Gasteiger partial charge is 0.492 e. The van der Waals surface area contributed by atoms with Crippen molar-refractivity contribution in [3.8, 4) is 5.75 Å². The van der Waals surface area contributed by atoms with E-state index in [0.29, 0.717) is 19.7 Å². The van der Waals surface area contributed by atoms with Gasteiger partial charge in [-0.2, -0.15) is 5.10 Å². The summed E-state index contributed by atoms with van der Waals surface area (Å²) in [6.07, 6.45) is 0. The van der Waals surface area contributed by atoms with Crippen molar-refractivity contribution in [2.75, 3.05) is 13.2 Å². The van der Waals surface area contributed by atoms with Crippen LogP contribution < -0.4 is 15.4 Å². The van der Waals surface area contributed by atoms with Gasteiger partial charge in [0.2, 0.25) is 5.91 Å². The summed E-state index contributed by atoms with van der Waals surface area (Å²) in [6, 6.07) is 7.29. The minimum atomic E-state index is -0.398. The zero-order chi connectivity index (χ0) is 17.1. The first-order chi connectivity index (χ1) is 11.6. The molecule has 0 spiro atoms. The van der Waals surface area contributed by atoms with Gasteiger partial charge in [0, 0.05) is 36.5 Å². The van der Waals surface area contributed by atoms with E-state index in [2.05, 4.69) is 22.7 Å². The molecule has 1 aliphatic heterocycles. The Morgan fingerprint density at radius 1 is 1.42 bits per heavy atom. The van der Waals surface area contributed by atoms with Crippen LogP contribution in [-0.2, 0) is 17.9 Å². The first-order valence-electron chi connectivity index (χ1n) is 8.37. The van der Waals surface area contributed by atoms with Crippen molar-refractivity contribution in [1.82, 2.24) is 20.4 Å². The molecule has 6 heteroatoms. The summed E-state index contributed by atoms with van der Waals surface area (Å²) in [5.41, 5.74) is 4.04. The van der Waals surface area contributed by atoms with Gasteiger partial charge in [-0.1, -0.05) is 18.2 Å². The zero-order valence-electron chi connectivity index (χ0n) is 14.4. The average Bonchev–Trinajstić information content (AvgIpc) is 2.76. The predicted molar refractivity (Wildman–Crippen MR) is 91.9 cm³/mol. The van der Waals surface area contributed by atoms with Crippen LogP contribution in [-0.4, -0.2) is 28.8 Å². The molecule has 24 heavy (non-hydrogen) atoms. The summed E-state index contributed by atoms with van der Waals surface area (Å²) in [6.45, 7) is 8.59. The van der Waals surface area contributed by atoms with Crippen molar-refractivity contribution in [2.24, 2.45) is 0 Å². The number of nitrogens with zero attached hydrogens (tertiary/aromatic N) is 2. The minimum absolute atomic E-state index is 0.0454. The molecule has 0 saturated carbocycles. The van der Waals surface area contributed by atoms with Gasteiger partial charge < -0.3 is 10.1 Å². The average molecular weight is 328 g/mol. The summed E-state index contributed by atoms with van der Waals surface area (Å²) in [4.78, 5) is 12.7. The number of amides is 1. The van der Waals surface area contributed by atoms with Gasteiger partial charge in [-0.25, -0.2) is 0 Å². The molecule has 6 nitrogen and oxygen atoms in total. The van der Waals surface area contributed by atoms with E-state index in [1.54, 1.807) is 0 Å². The molecule has 2 heterocycles. The van der Waals surface area contributed by atoms with Crippen molar-refractivity contribution in [2.45, 2.75) is 39.9 Å². The second-order valence-corrected chi connectivity index (χ2v) is 5.96. The number of aromatic nitrogens is 2. The molecule has 1 amide bonds. The van der Waals surface area contributed by atoms with Gasteiger partial charge in [0.15, 0.2) is 0 Å². The molecule has 1 atom stereocenters. The Hall–Kier alpha value is -2.34. The van der Waals surface area contributed by atoms with Gasteiger partial charge in [0.25, 0.3) is 0 Å². The number of fused-ring (bicyclic) bond motifs is 1. The number of para-hydroxylation sites is 1. The van der Waals surface area contributed by atoms with Gasteiger partial charge >= 0.3 is 0 Å². The van der Waals surface area contributed by atoms with Crippen molar-refractivity contribution < 1.29 is 9.53 Å². The van der Waals surface area contributed by atoms with Crippen LogP contribution >= 0.6 is 0 Å². The third-order valence-corrected chi connectivity index (χ3v) is 4.47. The van der Waals surface area contributed by atoms with E-state index in [9.17, 15) is 4.79 Å². The van der Waals surface area contributed by atoms with Crippen molar-refractivity contribution in [1.29, 1.82) is 0 Å². The maximum atomic E-state index is 12.7. The highest BCUT2D eigenvalue weighted by molar-refractivity contribution is 5.84. The highest BCUT2D eigenvalue weighted by Crippen LogP contribution is 2.27. The Morgan fingerprint density at radius 3 is 2.96 bits per heavy atom. The normalized spacial score (nSPS) is 16.9. The van der Waals surface area contributed by atoms with Gasteiger partial charge in [0.1, 0.15) is 18.4 Å². The molecular weight excluding hydrogens is 304 g/mol. The second kappa shape index (κ2) is 7.05. The Kier molecular flexibility index (Phi) is 4.85. The van der Waals surface area contributed by atoms with E-state index in [0.717, 1.165) is 34.8 Å². The van der Waals surface area contributed by atoms with E-state index in [1.165, 1.54) is 0 Å². The van der Waals surface area contributed by atoms with Crippen LogP contribution in [0.15, 0.2) is 24.3 Å². The summed E-state index contributed by atoms with van der Waals surface area (Å²) in [5.74, 6) is 0.727. The molecule has 0 fully saturated rings. The molecular formula is C18H24N4O2. The Balaban J connectivity index is 1.75. The third kappa shape index (κ3) is 3.14. The third-order valence-electron chi connectivity index (χ3n) is 4.47. The van der Waals surface area contributed by atoms with Gasteiger partial charge in [-0.3, -0.25) is 14.8 Å². The molecule has 0 bridgehead atoms. The van der Waals surface area contributed by atoms with Crippen LogP contribution in [0, 0.1) is 13.8 Å². The number of rotatable bonds is 4. The quantitative estimate of drug-likeness (QED) is 0.899. The number of benzene rings is 1. The highest BCUT2D eigenvalue weighted by atomic mass is 16.5. The number of hydrogen-bond donors (Lipinski definition) is 2. The lowest BCUT2D eigenvalue weighted by Gasteiger charge is -2.17. The van der Waals surface area contributed by atoms with E-state index in [1.807, 2.05) is 42.8 Å². The summed E-state index contributed by atoms with van der Waals surface area (Å²) in [7, 11) is 0. The Labute approximate surface area is 142 Å². The van der Waals surface area contributed by atoms with Crippen molar-refractivity contribution in [3.63, 3.8) is 0 Å². The van der Waals surface area contributed by atoms with E-state index < -0.39 is 6.04 Å². The van der Waals surface area contributed by atoms with Gasteiger partial charge in [-0.15, -0.1) is 0 Å². The topological polar surface area (TPSA) is 68.2 Å². The lowest BCUT2D eigenvalue weighted by molar-refractivity contribution is -0.123. The fourth-order valence-electron chi connectivity index (χ4n) is 3.13. The fourth-order valence-corrected chi connectivity index (χ4v) is 3.13. The number of hydrogen-bond acceptors (Lipinski definition) is 4. The van der Waals surface area contributed by atoms with Gasteiger partial charge in [-0.05, 0) is 26.8 Å². The molecule has 1 aromatic carbocycles. The smallest absolute Gasteiger partial charge is 0.242 e. The maximum absolute atomic E-state index is 12.7. The molecule has 1 unspecified atom stereocenters. The molecule has 0 saturated heterocycles. The molecule has 2 aromatic rings. The standard InChI is InChI=1S/C18H24N4O2/c1-4-22-13(3)15(12(2)21-22)11-20-18(23)17-14-7-5-6-8-16(14)24-10-9-19-17/h5-8,17,19H,4,9-11H2,1-3H3,(H,20,23). The molecule has 0 radical (unpaired) electrons. The van der Waals surface area contributed by atoms with E-state index in [-0.39, 0.29) is 5.91 Å².